The number of benzene rings is 1. The van der Waals surface area contributed by atoms with Crippen LogP contribution in [0, 0.1) is 17.6 Å². The van der Waals surface area contributed by atoms with Gasteiger partial charge in [0.2, 0.25) is 5.95 Å². The van der Waals surface area contributed by atoms with E-state index in [4.69, 9.17) is 10.5 Å². The summed E-state index contributed by atoms with van der Waals surface area (Å²) in [7, 11) is 0. The van der Waals surface area contributed by atoms with Crippen LogP contribution in [0.25, 0.3) is 16.8 Å². The summed E-state index contributed by atoms with van der Waals surface area (Å²) < 4.78 is 36.7. The quantitative estimate of drug-likeness (QED) is 0.314. The first-order valence-corrected chi connectivity index (χ1v) is 12.5. The Labute approximate surface area is 217 Å². The molecule has 6 rings (SSSR count). The van der Waals surface area contributed by atoms with Crippen molar-refractivity contribution < 1.29 is 23.7 Å². The van der Waals surface area contributed by atoms with Crippen LogP contribution in [0.2, 0.25) is 0 Å². The van der Waals surface area contributed by atoms with Crippen molar-refractivity contribution in [2.45, 2.75) is 43.4 Å². The Balaban J connectivity index is 1.34. The fraction of sp³-hybridized carbons (Fsp3) is 0.370. The van der Waals surface area contributed by atoms with Gasteiger partial charge in [-0.15, -0.1) is 0 Å². The number of aliphatic hydroxyl groups is 2. The number of rotatable bonds is 5. The van der Waals surface area contributed by atoms with Crippen LogP contribution >= 0.6 is 0 Å². The van der Waals surface area contributed by atoms with Crippen molar-refractivity contribution in [2.75, 3.05) is 18.5 Å². The van der Waals surface area contributed by atoms with Gasteiger partial charge in [0.1, 0.15) is 17.2 Å². The summed E-state index contributed by atoms with van der Waals surface area (Å²) in [5.74, 6) is -1.15. The van der Waals surface area contributed by atoms with Crippen molar-refractivity contribution in [3.63, 3.8) is 0 Å². The minimum Gasteiger partial charge on any atom is -0.391 e. The predicted molar refractivity (Wildman–Crippen MR) is 136 cm³/mol. The van der Waals surface area contributed by atoms with E-state index in [0.29, 0.717) is 23.6 Å². The minimum absolute atomic E-state index is 0.0118. The molecule has 1 aromatic carbocycles. The van der Waals surface area contributed by atoms with Gasteiger partial charge < -0.3 is 26.0 Å². The van der Waals surface area contributed by atoms with Crippen molar-refractivity contribution in [3.05, 3.63) is 71.7 Å². The van der Waals surface area contributed by atoms with Crippen LogP contribution < -0.4 is 11.1 Å². The number of aromatic nitrogens is 4. The molecule has 1 aliphatic heterocycles. The Hall–Kier alpha value is -3.51. The third-order valence-corrected chi connectivity index (χ3v) is 7.68. The van der Waals surface area contributed by atoms with Gasteiger partial charge in [-0.3, -0.25) is 4.98 Å². The molecule has 11 heteroatoms. The maximum atomic E-state index is 15.1. The van der Waals surface area contributed by atoms with E-state index >= 15 is 8.78 Å². The van der Waals surface area contributed by atoms with Gasteiger partial charge in [-0.1, -0.05) is 6.92 Å². The van der Waals surface area contributed by atoms with E-state index in [1.807, 2.05) is 13.0 Å². The lowest BCUT2D eigenvalue weighted by molar-refractivity contribution is -0.184. The van der Waals surface area contributed by atoms with Gasteiger partial charge in [0.25, 0.3) is 0 Å². The predicted octanol–water partition coefficient (Wildman–Crippen LogP) is 3.23. The molecule has 1 saturated heterocycles. The topological polar surface area (TPSA) is 131 Å². The highest BCUT2D eigenvalue weighted by Crippen LogP contribution is 2.39. The maximum Gasteiger partial charge on any atom is 0.229 e. The van der Waals surface area contributed by atoms with Gasteiger partial charge in [0, 0.05) is 12.2 Å². The molecule has 0 unspecified atom stereocenters. The fourth-order valence-electron chi connectivity index (χ4n) is 5.46. The van der Waals surface area contributed by atoms with Crippen LogP contribution in [0.1, 0.15) is 36.8 Å². The molecular weight excluding hydrogens is 494 g/mol. The number of imidazole rings is 1. The molecule has 198 valence electrons. The minimum atomic E-state index is -1.39. The van der Waals surface area contributed by atoms with Crippen molar-refractivity contribution in [1.82, 2.24) is 19.6 Å². The van der Waals surface area contributed by atoms with Gasteiger partial charge >= 0.3 is 0 Å². The number of nitrogens with two attached hydrogens (primary N) is 1. The van der Waals surface area contributed by atoms with Gasteiger partial charge in [-0.25, -0.2) is 13.8 Å². The Morgan fingerprint density at radius 1 is 1.13 bits per heavy atom. The number of halogens is 2. The van der Waals surface area contributed by atoms with Crippen LogP contribution in [0.5, 0.6) is 0 Å². The first kappa shape index (κ1) is 24.8. The SMILES string of the molecule is C[C@H]1C[C@@H](c2ccncc2Nc2ncc3ccc(-c4c(F)cc(C5(O)COC5)cc4F)nn23)C[C@@H](N)[C@@H]1O. The molecule has 2 fully saturated rings. The van der Waals surface area contributed by atoms with Crippen LogP contribution in [0.15, 0.2) is 48.9 Å². The molecule has 5 N–H and O–H groups in total. The maximum absolute atomic E-state index is 15.1. The van der Waals surface area contributed by atoms with E-state index < -0.39 is 23.3 Å². The summed E-state index contributed by atoms with van der Waals surface area (Å²) in [4.78, 5) is 8.68. The molecule has 4 heterocycles. The van der Waals surface area contributed by atoms with Crippen molar-refractivity contribution in [2.24, 2.45) is 11.7 Å². The molecule has 1 saturated carbocycles. The normalized spacial score (nSPS) is 24.8. The summed E-state index contributed by atoms with van der Waals surface area (Å²) in [6, 6.07) is 7.04. The molecule has 3 aromatic heterocycles. The van der Waals surface area contributed by atoms with E-state index in [9.17, 15) is 10.2 Å². The zero-order valence-electron chi connectivity index (χ0n) is 20.7. The number of anilines is 2. The summed E-state index contributed by atoms with van der Waals surface area (Å²) in [5, 5.41) is 28.5. The number of aliphatic hydroxyl groups excluding tert-OH is 1. The standard InChI is InChI=1S/C27H28F2N6O3/c1-14-6-15(7-21(30)25(14)36)18-4-5-31-11-23(18)33-26-32-10-17-2-3-22(34-35(17)26)24-19(28)8-16(9-20(24)29)27(37)12-38-13-27/h2-5,8-11,14-15,21,25,36-37H,6-7,12-13,30H2,1H3,(H,32,33)/t14-,15+,21+,25+/m0/s1. The van der Waals surface area contributed by atoms with Crippen LogP contribution in [-0.2, 0) is 10.3 Å². The molecule has 2 aliphatic rings. The lowest BCUT2D eigenvalue weighted by Gasteiger charge is -2.36. The fourth-order valence-corrected chi connectivity index (χ4v) is 5.46. The second kappa shape index (κ2) is 9.35. The first-order valence-electron chi connectivity index (χ1n) is 12.5. The number of fused-ring (bicyclic) bond motifs is 1. The van der Waals surface area contributed by atoms with Crippen molar-refractivity contribution in [1.29, 1.82) is 0 Å². The highest BCUT2D eigenvalue weighted by Gasteiger charge is 2.39. The lowest BCUT2D eigenvalue weighted by Crippen LogP contribution is -2.46. The summed E-state index contributed by atoms with van der Waals surface area (Å²) >= 11 is 0. The highest BCUT2D eigenvalue weighted by molar-refractivity contribution is 5.66. The molecule has 4 aromatic rings. The van der Waals surface area contributed by atoms with E-state index in [1.165, 1.54) is 10.6 Å². The lowest BCUT2D eigenvalue weighted by atomic mass is 9.74. The number of ether oxygens (including phenoxy) is 1. The summed E-state index contributed by atoms with van der Waals surface area (Å²) in [5.41, 5.74) is 7.04. The molecule has 1 aliphatic carbocycles. The molecule has 0 spiro atoms. The zero-order valence-corrected chi connectivity index (χ0v) is 20.7. The summed E-state index contributed by atoms with van der Waals surface area (Å²) in [6.45, 7) is 1.97. The Kier molecular flexibility index (Phi) is 6.10. The van der Waals surface area contributed by atoms with Gasteiger partial charge in [-0.05, 0) is 66.1 Å². The molecule has 0 bridgehead atoms. The average molecular weight is 523 g/mol. The molecule has 0 radical (unpaired) electrons. The molecule has 9 nitrogen and oxygen atoms in total. The first-order chi connectivity index (χ1) is 18.2. The number of pyridine rings is 1. The number of hydrogen-bond donors (Lipinski definition) is 4. The second-order valence-corrected chi connectivity index (χ2v) is 10.4. The second-order valence-electron chi connectivity index (χ2n) is 10.4. The number of nitrogens with one attached hydrogen (secondary N) is 1. The Morgan fingerprint density at radius 2 is 1.89 bits per heavy atom. The van der Waals surface area contributed by atoms with Crippen molar-refractivity contribution >= 4 is 17.2 Å². The third kappa shape index (κ3) is 4.21. The highest BCUT2D eigenvalue weighted by atomic mass is 19.1. The zero-order chi connectivity index (χ0) is 26.6. The van der Waals surface area contributed by atoms with E-state index in [0.717, 1.165) is 24.1 Å². The summed E-state index contributed by atoms with van der Waals surface area (Å²) in [6.07, 6.45) is 5.87. The smallest absolute Gasteiger partial charge is 0.229 e. The Morgan fingerprint density at radius 3 is 2.58 bits per heavy atom. The molecule has 38 heavy (non-hydrogen) atoms. The largest absolute Gasteiger partial charge is 0.391 e. The average Bonchev–Trinajstić information content (AvgIpc) is 3.27. The number of nitrogens with zero attached hydrogens (tertiary/aromatic N) is 4. The van der Waals surface area contributed by atoms with Crippen LogP contribution in [-0.4, -0.2) is 55.2 Å². The van der Waals surface area contributed by atoms with Gasteiger partial charge in [0.15, 0.2) is 0 Å². The van der Waals surface area contributed by atoms with Crippen molar-refractivity contribution in [3.8, 4) is 11.3 Å². The van der Waals surface area contributed by atoms with E-state index in [1.54, 1.807) is 24.7 Å². The van der Waals surface area contributed by atoms with Gasteiger partial charge in [-0.2, -0.15) is 9.61 Å². The van der Waals surface area contributed by atoms with E-state index in [-0.39, 0.29) is 47.9 Å². The van der Waals surface area contributed by atoms with Gasteiger partial charge in [0.05, 0.1) is 54.2 Å². The third-order valence-electron chi connectivity index (χ3n) is 7.68. The molecule has 4 atom stereocenters. The molecule has 0 amide bonds. The molecular formula is C27H28F2N6O3. The monoisotopic (exact) mass is 522 g/mol. The number of hydrogen-bond acceptors (Lipinski definition) is 8. The van der Waals surface area contributed by atoms with Crippen LogP contribution in [0.3, 0.4) is 0 Å². The van der Waals surface area contributed by atoms with Crippen LogP contribution in [0.4, 0.5) is 20.4 Å². The Bertz CT molecular complexity index is 1470. The van der Waals surface area contributed by atoms with E-state index in [2.05, 4.69) is 20.4 Å².